The van der Waals surface area contributed by atoms with Crippen LogP contribution in [0, 0.1) is 0 Å². The van der Waals surface area contributed by atoms with Crippen molar-refractivity contribution in [3.63, 3.8) is 0 Å². The van der Waals surface area contributed by atoms with Gasteiger partial charge in [0.15, 0.2) is 0 Å². The van der Waals surface area contributed by atoms with E-state index >= 15 is 0 Å². The lowest BCUT2D eigenvalue weighted by molar-refractivity contribution is 0.781. The molecule has 0 bridgehead atoms. The van der Waals surface area contributed by atoms with Crippen molar-refractivity contribution in [3.05, 3.63) is 65.1 Å². The SMILES string of the molecule is O=c1[nH]nnn1-c1ccccc1Nc1ccccc1. The number of para-hydroxylation sites is 3. The van der Waals surface area contributed by atoms with Crippen LogP contribution >= 0.6 is 0 Å². The maximum Gasteiger partial charge on any atom is 0.365 e. The van der Waals surface area contributed by atoms with Crippen molar-refractivity contribution in [1.82, 2.24) is 20.2 Å². The Balaban J connectivity index is 2.04. The van der Waals surface area contributed by atoms with Gasteiger partial charge in [0.05, 0.1) is 11.4 Å². The number of hydrogen-bond donors (Lipinski definition) is 2. The number of benzene rings is 2. The average molecular weight is 253 g/mol. The number of H-pyrrole nitrogens is 1. The van der Waals surface area contributed by atoms with Gasteiger partial charge in [-0.05, 0) is 34.7 Å². The molecular formula is C13H11N5O. The van der Waals surface area contributed by atoms with Crippen LogP contribution in [0.15, 0.2) is 59.4 Å². The molecular weight excluding hydrogens is 242 g/mol. The molecule has 0 saturated carbocycles. The Hall–Kier alpha value is -2.89. The van der Waals surface area contributed by atoms with Crippen LogP contribution in [0.1, 0.15) is 0 Å². The quantitative estimate of drug-likeness (QED) is 0.745. The van der Waals surface area contributed by atoms with Gasteiger partial charge in [-0.15, -0.1) is 0 Å². The summed E-state index contributed by atoms with van der Waals surface area (Å²) in [6.45, 7) is 0. The third-order valence-corrected chi connectivity index (χ3v) is 2.66. The highest BCUT2D eigenvalue weighted by atomic mass is 16.2. The number of tetrazole rings is 1. The van der Waals surface area contributed by atoms with E-state index in [-0.39, 0.29) is 5.69 Å². The van der Waals surface area contributed by atoms with Crippen LogP contribution in [-0.2, 0) is 0 Å². The minimum absolute atomic E-state index is 0.373. The Bertz CT molecular complexity index is 732. The van der Waals surface area contributed by atoms with Gasteiger partial charge in [-0.2, -0.15) is 4.68 Å². The largest absolute Gasteiger partial charge is 0.365 e. The van der Waals surface area contributed by atoms with Gasteiger partial charge in [-0.1, -0.05) is 30.3 Å². The van der Waals surface area contributed by atoms with E-state index in [1.807, 2.05) is 48.5 Å². The van der Waals surface area contributed by atoms with Crippen LogP contribution < -0.4 is 11.0 Å². The number of hydrogen-bond acceptors (Lipinski definition) is 4. The van der Waals surface area contributed by atoms with Crippen molar-refractivity contribution in [1.29, 1.82) is 0 Å². The van der Waals surface area contributed by atoms with Gasteiger partial charge in [0.1, 0.15) is 0 Å². The topological polar surface area (TPSA) is 75.6 Å². The first-order valence-electron chi connectivity index (χ1n) is 5.76. The number of nitrogens with one attached hydrogen (secondary N) is 2. The second-order valence-corrected chi connectivity index (χ2v) is 3.93. The number of aromatic nitrogens is 4. The van der Waals surface area contributed by atoms with Crippen molar-refractivity contribution in [2.45, 2.75) is 0 Å². The summed E-state index contributed by atoms with van der Waals surface area (Å²) < 4.78 is 1.21. The molecule has 0 fully saturated rings. The molecule has 0 saturated heterocycles. The molecule has 6 heteroatoms. The van der Waals surface area contributed by atoms with Gasteiger partial charge in [0, 0.05) is 5.69 Å². The molecule has 0 aliphatic carbocycles. The van der Waals surface area contributed by atoms with Crippen molar-refractivity contribution < 1.29 is 0 Å². The highest BCUT2D eigenvalue weighted by Gasteiger charge is 2.08. The van der Waals surface area contributed by atoms with Crippen LogP contribution in [0.3, 0.4) is 0 Å². The van der Waals surface area contributed by atoms with Crippen LogP contribution in [0.5, 0.6) is 0 Å². The molecule has 0 unspecified atom stereocenters. The Morgan fingerprint density at radius 2 is 1.74 bits per heavy atom. The van der Waals surface area contributed by atoms with Crippen LogP contribution in [-0.4, -0.2) is 20.2 Å². The third kappa shape index (κ3) is 2.23. The Labute approximate surface area is 108 Å². The Kier molecular flexibility index (Phi) is 2.82. The number of nitrogens with zero attached hydrogens (tertiary/aromatic N) is 3. The molecule has 0 radical (unpaired) electrons. The smallest absolute Gasteiger partial charge is 0.354 e. The summed E-state index contributed by atoms with van der Waals surface area (Å²) in [6.07, 6.45) is 0. The van der Waals surface area contributed by atoms with Crippen LogP contribution in [0.2, 0.25) is 0 Å². The first kappa shape index (κ1) is 11.2. The Morgan fingerprint density at radius 1 is 1.00 bits per heavy atom. The van der Waals surface area contributed by atoms with Gasteiger partial charge in [0.2, 0.25) is 0 Å². The minimum Gasteiger partial charge on any atom is -0.354 e. The normalized spacial score (nSPS) is 10.3. The standard InChI is InChI=1S/C13H11N5O/c19-13-15-16-17-18(13)12-9-5-4-8-11(12)14-10-6-2-1-3-7-10/h1-9,14H,(H,15,17,19). The molecule has 3 rings (SSSR count). The van der Waals surface area contributed by atoms with E-state index < -0.39 is 0 Å². The summed E-state index contributed by atoms with van der Waals surface area (Å²) in [6, 6.07) is 17.1. The molecule has 0 spiro atoms. The van der Waals surface area contributed by atoms with Crippen LogP contribution in [0.25, 0.3) is 5.69 Å². The summed E-state index contributed by atoms with van der Waals surface area (Å²) >= 11 is 0. The fourth-order valence-electron chi connectivity index (χ4n) is 1.80. The predicted molar refractivity (Wildman–Crippen MR) is 71.7 cm³/mol. The summed E-state index contributed by atoms with van der Waals surface area (Å²) in [5.41, 5.74) is 1.99. The maximum atomic E-state index is 11.6. The molecule has 0 atom stereocenters. The lowest BCUT2D eigenvalue weighted by Gasteiger charge is -2.10. The average Bonchev–Trinajstić information content (AvgIpc) is 2.87. The lowest BCUT2D eigenvalue weighted by Crippen LogP contribution is -2.17. The molecule has 1 aromatic heterocycles. The molecule has 2 N–H and O–H groups in total. The van der Waals surface area contributed by atoms with Gasteiger partial charge in [0.25, 0.3) is 0 Å². The molecule has 94 valence electrons. The summed E-state index contributed by atoms with van der Waals surface area (Å²) in [7, 11) is 0. The molecule has 19 heavy (non-hydrogen) atoms. The minimum atomic E-state index is -0.373. The van der Waals surface area contributed by atoms with Gasteiger partial charge >= 0.3 is 5.69 Å². The van der Waals surface area contributed by atoms with Gasteiger partial charge in [-0.25, -0.2) is 9.89 Å². The number of aromatic amines is 1. The van der Waals surface area contributed by atoms with E-state index in [4.69, 9.17) is 0 Å². The zero-order valence-electron chi connectivity index (χ0n) is 9.95. The maximum absolute atomic E-state index is 11.6. The first-order chi connectivity index (χ1) is 9.34. The van der Waals surface area contributed by atoms with E-state index in [0.29, 0.717) is 5.69 Å². The van der Waals surface area contributed by atoms with E-state index in [0.717, 1.165) is 11.4 Å². The monoisotopic (exact) mass is 253 g/mol. The highest BCUT2D eigenvalue weighted by molar-refractivity contribution is 5.68. The zero-order chi connectivity index (χ0) is 13.1. The van der Waals surface area contributed by atoms with E-state index in [1.54, 1.807) is 6.07 Å². The van der Waals surface area contributed by atoms with E-state index in [9.17, 15) is 4.79 Å². The van der Waals surface area contributed by atoms with Crippen LogP contribution in [0.4, 0.5) is 11.4 Å². The van der Waals surface area contributed by atoms with Gasteiger partial charge in [-0.3, -0.25) is 0 Å². The van der Waals surface area contributed by atoms with E-state index in [2.05, 4.69) is 20.8 Å². The second kappa shape index (κ2) is 4.77. The van der Waals surface area contributed by atoms with Gasteiger partial charge < -0.3 is 5.32 Å². The molecule has 6 nitrogen and oxygen atoms in total. The third-order valence-electron chi connectivity index (χ3n) is 2.66. The van der Waals surface area contributed by atoms with Crippen molar-refractivity contribution >= 4 is 11.4 Å². The fraction of sp³-hybridized carbons (Fsp3) is 0. The molecule has 0 aliphatic heterocycles. The summed E-state index contributed by atoms with van der Waals surface area (Å²) in [5, 5.41) is 12.8. The second-order valence-electron chi connectivity index (χ2n) is 3.93. The Morgan fingerprint density at radius 3 is 2.47 bits per heavy atom. The zero-order valence-corrected chi connectivity index (χ0v) is 9.95. The molecule has 2 aromatic carbocycles. The summed E-state index contributed by atoms with van der Waals surface area (Å²) in [5.74, 6) is 0. The summed E-state index contributed by atoms with van der Waals surface area (Å²) in [4.78, 5) is 11.6. The molecule has 3 aromatic rings. The van der Waals surface area contributed by atoms with Crippen molar-refractivity contribution in [2.75, 3.05) is 5.32 Å². The number of rotatable bonds is 3. The van der Waals surface area contributed by atoms with Crippen molar-refractivity contribution in [3.8, 4) is 5.69 Å². The molecule has 0 amide bonds. The lowest BCUT2D eigenvalue weighted by atomic mass is 10.2. The number of anilines is 2. The highest BCUT2D eigenvalue weighted by Crippen LogP contribution is 2.22. The van der Waals surface area contributed by atoms with Crippen molar-refractivity contribution in [2.24, 2.45) is 0 Å². The molecule has 0 aliphatic rings. The predicted octanol–water partition coefficient (Wildman–Crippen LogP) is 1.70. The van der Waals surface area contributed by atoms with E-state index in [1.165, 1.54) is 4.68 Å². The first-order valence-corrected chi connectivity index (χ1v) is 5.76. The molecule has 1 heterocycles. The fourth-order valence-corrected chi connectivity index (χ4v) is 1.80.